The fraction of sp³-hybridized carbons (Fsp3) is 0.286. The summed E-state index contributed by atoms with van der Waals surface area (Å²) in [4.78, 5) is 27.3. The Hall–Kier alpha value is -2.48. The number of hydrogen-bond donors (Lipinski definition) is 3. The van der Waals surface area contributed by atoms with Gasteiger partial charge in [-0.2, -0.15) is 0 Å². The topological polar surface area (TPSA) is 95.7 Å². The highest BCUT2D eigenvalue weighted by atomic mass is 35.5. The number of aryl methyl sites for hydroxylation is 1. The predicted molar refractivity (Wildman–Crippen MR) is 117 cm³/mol. The molecule has 6 nitrogen and oxygen atoms in total. The summed E-state index contributed by atoms with van der Waals surface area (Å²) >= 11 is 10.7. The highest BCUT2D eigenvalue weighted by Gasteiger charge is 2.38. The quantitative estimate of drug-likeness (QED) is 0.609. The molecule has 152 valence electrons. The molecule has 1 fully saturated rings. The van der Waals surface area contributed by atoms with E-state index in [4.69, 9.17) is 29.6 Å². The van der Waals surface area contributed by atoms with Gasteiger partial charge in [-0.25, -0.2) is 0 Å². The lowest BCUT2D eigenvalue weighted by molar-refractivity contribution is -0.122. The lowest BCUT2D eigenvalue weighted by Crippen LogP contribution is -2.40. The van der Waals surface area contributed by atoms with Crippen molar-refractivity contribution >= 4 is 46.3 Å². The Morgan fingerprint density at radius 2 is 1.97 bits per heavy atom. The Kier molecular flexibility index (Phi) is 6.84. The number of anilines is 1. The van der Waals surface area contributed by atoms with Crippen LogP contribution in [0.15, 0.2) is 48.5 Å². The molecular weight excluding hydrogens is 410 g/mol. The van der Waals surface area contributed by atoms with Gasteiger partial charge in [0.05, 0.1) is 12.1 Å². The maximum Gasteiger partial charge on any atom is 0.254 e. The molecule has 2 atom stereocenters. The van der Waals surface area contributed by atoms with Crippen molar-refractivity contribution in [2.75, 3.05) is 11.9 Å². The molecule has 1 aliphatic heterocycles. The number of aliphatic hydroxyl groups is 1. The number of nitrogens with one attached hydrogen (secondary N) is 1. The summed E-state index contributed by atoms with van der Waals surface area (Å²) < 4.78 is 0. The molecule has 0 bridgehead atoms. The van der Waals surface area contributed by atoms with E-state index < -0.39 is 12.1 Å². The van der Waals surface area contributed by atoms with E-state index in [9.17, 15) is 14.7 Å². The molecule has 1 saturated heterocycles. The number of carbonyl (C=O) groups excluding carboxylic acids is 2. The van der Waals surface area contributed by atoms with E-state index in [2.05, 4.69) is 5.32 Å². The molecule has 29 heavy (non-hydrogen) atoms. The van der Waals surface area contributed by atoms with Crippen molar-refractivity contribution in [1.82, 2.24) is 4.90 Å². The second-order valence-corrected chi connectivity index (χ2v) is 7.90. The standard InChI is InChI=1S/C21H22ClN3O3S/c22-15-7-4-13(5-8-15)6-9-19(27)18-11-17(26)12-25(18)20(28)14-2-1-3-16(10-14)24-21(23)29/h1-5,7-8,10,17-18,26H,6,9,11-12H2,(H3,23,24,29)/t17-,18+/m1/s1. The van der Waals surface area contributed by atoms with Crippen molar-refractivity contribution < 1.29 is 14.7 Å². The zero-order valence-corrected chi connectivity index (χ0v) is 17.2. The number of nitrogens with zero attached hydrogens (tertiary/aromatic N) is 1. The van der Waals surface area contributed by atoms with Gasteiger partial charge in [-0.15, -0.1) is 0 Å². The molecule has 1 heterocycles. The normalized spacial score (nSPS) is 18.5. The highest BCUT2D eigenvalue weighted by molar-refractivity contribution is 7.80. The zero-order chi connectivity index (χ0) is 21.0. The summed E-state index contributed by atoms with van der Waals surface area (Å²) in [7, 11) is 0. The van der Waals surface area contributed by atoms with Gasteiger partial charge in [0.1, 0.15) is 0 Å². The number of aliphatic hydroxyl groups excluding tert-OH is 1. The molecule has 0 radical (unpaired) electrons. The van der Waals surface area contributed by atoms with Gasteiger partial charge in [0, 0.05) is 35.7 Å². The molecule has 0 spiro atoms. The van der Waals surface area contributed by atoms with E-state index >= 15 is 0 Å². The third kappa shape index (κ3) is 5.53. The van der Waals surface area contributed by atoms with E-state index in [1.54, 1.807) is 36.4 Å². The van der Waals surface area contributed by atoms with E-state index in [0.29, 0.717) is 22.7 Å². The minimum absolute atomic E-state index is 0.0673. The van der Waals surface area contributed by atoms with Crippen molar-refractivity contribution in [3.8, 4) is 0 Å². The predicted octanol–water partition coefficient (Wildman–Crippen LogP) is 2.77. The number of ketones is 1. The second kappa shape index (κ2) is 9.35. The number of amides is 1. The molecule has 0 unspecified atom stereocenters. The Bertz CT molecular complexity index is 920. The number of thiocarbonyl (C=S) groups is 1. The van der Waals surface area contributed by atoms with Gasteiger partial charge in [0.2, 0.25) is 0 Å². The van der Waals surface area contributed by atoms with Gasteiger partial charge in [-0.1, -0.05) is 29.8 Å². The number of benzene rings is 2. The third-order valence-corrected chi connectivity index (χ3v) is 5.22. The number of hydrogen-bond acceptors (Lipinski definition) is 4. The first-order valence-electron chi connectivity index (χ1n) is 9.26. The third-order valence-electron chi connectivity index (χ3n) is 4.86. The molecule has 0 saturated carbocycles. The Morgan fingerprint density at radius 3 is 2.66 bits per heavy atom. The minimum atomic E-state index is -0.721. The van der Waals surface area contributed by atoms with Crippen LogP contribution >= 0.6 is 23.8 Å². The van der Waals surface area contributed by atoms with Crippen molar-refractivity contribution in [2.24, 2.45) is 5.73 Å². The summed E-state index contributed by atoms with van der Waals surface area (Å²) in [6, 6.07) is 13.4. The largest absolute Gasteiger partial charge is 0.391 e. The SMILES string of the molecule is NC(=S)Nc1cccc(C(=O)N2C[C@H](O)C[C@H]2C(=O)CCc2ccc(Cl)cc2)c1. The fourth-order valence-corrected chi connectivity index (χ4v) is 3.71. The zero-order valence-electron chi connectivity index (χ0n) is 15.7. The molecule has 8 heteroatoms. The summed E-state index contributed by atoms with van der Waals surface area (Å²) in [5.74, 6) is -0.375. The van der Waals surface area contributed by atoms with Gasteiger partial charge >= 0.3 is 0 Å². The monoisotopic (exact) mass is 431 g/mol. The summed E-state index contributed by atoms with van der Waals surface area (Å²) in [6.45, 7) is 0.128. The average molecular weight is 432 g/mol. The van der Waals surface area contributed by atoms with Crippen LogP contribution in [0.1, 0.15) is 28.8 Å². The Morgan fingerprint density at radius 1 is 1.24 bits per heavy atom. The van der Waals surface area contributed by atoms with Crippen LogP contribution in [0.5, 0.6) is 0 Å². The van der Waals surface area contributed by atoms with Crippen LogP contribution in [0.25, 0.3) is 0 Å². The van der Waals surface area contributed by atoms with Crippen LogP contribution in [0.2, 0.25) is 5.02 Å². The van der Waals surface area contributed by atoms with Gasteiger partial charge in [-0.3, -0.25) is 9.59 Å². The van der Waals surface area contributed by atoms with Crippen molar-refractivity contribution in [3.63, 3.8) is 0 Å². The Balaban J connectivity index is 1.70. The van der Waals surface area contributed by atoms with Crippen molar-refractivity contribution in [3.05, 3.63) is 64.7 Å². The van der Waals surface area contributed by atoms with Crippen LogP contribution < -0.4 is 11.1 Å². The fourth-order valence-electron chi connectivity index (χ4n) is 3.47. The summed E-state index contributed by atoms with van der Waals surface area (Å²) in [5, 5.41) is 13.6. The number of likely N-dealkylation sites (tertiary alicyclic amines) is 1. The molecule has 1 amide bonds. The molecule has 2 aromatic carbocycles. The van der Waals surface area contributed by atoms with Crippen LogP contribution in [0.4, 0.5) is 5.69 Å². The van der Waals surface area contributed by atoms with E-state index in [1.165, 1.54) is 4.90 Å². The van der Waals surface area contributed by atoms with Gasteiger partial charge in [-0.05, 0) is 54.5 Å². The first-order chi connectivity index (χ1) is 13.8. The van der Waals surface area contributed by atoms with Crippen LogP contribution in [-0.2, 0) is 11.2 Å². The van der Waals surface area contributed by atoms with Crippen molar-refractivity contribution in [2.45, 2.75) is 31.4 Å². The number of carbonyl (C=O) groups is 2. The number of halogens is 1. The van der Waals surface area contributed by atoms with Crippen LogP contribution in [0.3, 0.4) is 0 Å². The molecule has 1 aliphatic rings. The van der Waals surface area contributed by atoms with Gasteiger partial charge in [0.15, 0.2) is 10.9 Å². The molecular formula is C21H22ClN3O3S. The molecule has 4 N–H and O–H groups in total. The average Bonchev–Trinajstić information content (AvgIpc) is 3.08. The lowest BCUT2D eigenvalue weighted by atomic mass is 10.0. The van der Waals surface area contributed by atoms with Crippen molar-refractivity contribution in [1.29, 1.82) is 0 Å². The van der Waals surface area contributed by atoms with Crippen LogP contribution in [-0.4, -0.2) is 45.5 Å². The molecule has 0 aromatic heterocycles. The van der Waals surface area contributed by atoms with Gasteiger partial charge < -0.3 is 21.1 Å². The van der Waals surface area contributed by atoms with E-state index in [-0.39, 0.29) is 36.2 Å². The number of nitrogens with two attached hydrogens (primary N) is 1. The highest BCUT2D eigenvalue weighted by Crippen LogP contribution is 2.24. The molecule has 0 aliphatic carbocycles. The van der Waals surface area contributed by atoms with E-state index in [0.717, 1.165) is 5.56 Å². The molecule has 3 rings (SSSR count). The maximum absolute atomic E-state index is 13.0. The molecule has 2 aromatic rings. The van der Waals surface area contributed by atoms with Gasteiger partial charge in [0.25, 0.3) is 5.91 Å². The van der Waals surface area contributed by atoms with E-state index in [1.807, 2.05) is 12.1 Å². The number of rotatable bonds is 6. The second-order valence-electron chi connectivity index (χ2n) is 7.03. The minimum Gasteiger partial charge on any atom is -0.391 e. The van der Waals surface area contributed by atoms with Crippen LogP contribution in [0, 0.1) is 0 Å². The first kappa shape index (κ1) is 21.2. The Labute approximate surface area is 179 Å². The number of β-amino-alcohol motifs (C(OH)–C–C–N with tert-alkyl or cyclic N) is 1. The summed E-state index contributed by atoms with van der Waals surface area (Å²) in [5.41, 5.74) is 7.47. The smallest absolute Gasteiger partial charge is 0.254 e. The maximum atomic E-state index is 13.0. The first-order valence-corrected chi connectivity index (χ1v) is 10.0. The number of Topliss-reactive ketones (excluding diaryl/α,β-unsaturated/α-hetero) is 1. The lowest BCUT2D eigenvalue weighted by Gasteiger charge is -2.24. The summed E-state index contributed by atoms with van der Waals surface area (Å²) in [6.07, 6.45) is 0.362.